The summed E-state index contributed by atoms with van der Waals surface area (Å²) in [5.74, 6) is -1.50. The number of sulfonamides is 1. The number of amides is 2. The molecule has 1 fully saturated rings. The standard InChI is InChI=1S/C24H24ClF4N3O7S/c1-22(2,24(27,28)29)39-21(34)31-13-3-6-19-18(9-13)32(40(36,37)15-4-5-17(26)16(25)10-15)12-14(38-19)11-30-20(33)23(35)7-8-23/h3-6,9-10,14,35H,7-8,11-12H2,1-2H3,(H,30,33)(H,31,34)/t14-/m0/s1. The summed E-state index contributed by atoms with van der Waals surface area (Å²) < 4.78 is 91.5. The van der Waals surface area contributed by atoms with E-state index in [0.717, 1.165) is 28.6 Å². The van der Waals surface area contributed by atoms with E-state index in [1.807, 2.05) is 0 Å². The Morgan fingerprint density at radius 3 is 2.48 bits per heavy atom. The number of alkyl halides is 3. The quantitative estimate of drug-likeness (QED) is 0.405. The first kappa shape index (κ1) is 29.7. The molecule has 10 nitrogen and oxygen atoms in total. The van der Waals surface area contributed by atoms with Crippen molar-refractivity contribution < 1.29 is 50.1 Å². The van der Waals surface area contributed by atoms with Crippen molar-refractivity contribution in [3.63, 3.8) is 0 Å². The van der Waals surface area contributed by atoms with Gasteiger partial charge in [-0.1, -0.05) is 11.6 Å². The molecule has 0 unspecified atom stereocenters. The molecule has 0 aromatic heterocycles. The number of nitrogens with zero attached hydrogens (tertiary/aromatic N) is 1. The van der Waals surface area contributed by atoms with Gasteiger partial charge in [0, 0.05) is 5.69 Å². The zero-order chi connectivity index (χ0) is 29.7. The molecular formula is C24H24ClF4N3O7S. The van der Waals surface area contributed by atoms with E-state index in [4.69, 9.17) is 16.3 Å². The van der Waals surface area contributed by atoms with Gasteiger partial charge in [0.25, 0.3) is 15.9 Å². The molecule has 1 saturated carbocycles. The minimum Gasteiger partial charge on any atom is -0.484 e. The summed E-state index contributed by atoms with van der Waals surface area (Å²) in [7, 11) is -4.45. The Morgan fingerprint density at radius 1 is 1.20 bits per heavy atom. The molecule has 0 radical (unpaired) electrons. The van der Waals surface area contributed by atoms with E-state index in [2.05, 4.69) is 15.4 Å². The summed E-state index contributed by atoms with van der Waals surface area (Å²) in [6.45, 7) is 0.764. The molecule has 16 heteroatoms. The van der Waals surface area contributed by atoms with Crippen LogP contribution in [-0.4, -0.2) is 62.1 Å². The molecular weight excluding hydrogens is 586 g/mol. The van der Waals surface area contributed by atoms with E-state index in [9.17, 15) is 40.7 Å². The van der Waals surface area contributed by atoms with Crippen molar-refractivity contribution in [2.75, 3.05) is 22.7 Å². The van der Waals surface area contributed by atoms with E-state index in [-0.39, 0.29) is 48.0 Å². The highest BCUT2D eigenvalue weighted by atomic mass is 35.5. The van der Waals surface area contributed by atoms with Gasteiger partial charge >= 0.3 is 12.3 Å². The van der Waals surface area contributed by atoms with Crippen molar-refractivity contribution in [1.29, 1.82) is 0 Å². The number of carbonyl (C=O) groups excluding carboxylic acids is 2. The summed E-state index contributed by atoms with van der Waals surface area (Å²) in [6.07, 6.45) is -6.66. The first-order valence-corrected chi connectivity index (χ1v) is 13.6. The Bertz CT molecular complexity index is 1450. The normalized spacial score (nSPS) is 18.3. The van der Waals surface area contributed by atoms with Crippen LogP contribution in [0.2, 0.25) is 5.02 Å². The van der Waals surface area contributed by atoms with Crippen molar-refractivity contribution in [3.05, 3.63) is 47.2 Å². The number of rotatable bonds is 7. The molecule has 1 heterocycles. The summed E-state index contributed by atoms with van der Waals surface area (Å²) >= 11 is 5.79. The number of aliphatic hydroxyl groups is 1. The zero-order valence-corrected chi connectivity index (χ0v) is 22.6. The maximum absolute atomic E-state index is 13.7. The summed E-state index contributed by atoms with van der Waals surface area (Å²) in [5.41, 5.74) is -4.52. The summed E-state index contributed by atoms with van der Waals surface area (Å²) in [4.78, 5) is 24.0. The van der Waals surface area contributed by atoms with E-state index >= 15 is 0 Å². The van der Waals surface area contributed by atoms with E-state index in [0.29, 0.717) is 13.8 Å². The second-order valence-corrected chi connectivity index (χ2v) is 12.1. The van der Waals surface area contributed by atoms with Crippen molar-refractivity contribution >= 4 is 45.0 Å². The zero-order valence-electron chi connectivity index (χ0n) is 21.0. The lowest BCUT2D eigenvalue weighted by molar-refractivity contribution is -0.242. The first-order chi connectivity index (χ1) is 18.4. The van der Waals surface area contributed by atoms with Crippen LogP contribution in [0.15, 0.2) is 41.3 Å². The van der Waals surface area contributed by atoms with Gasteiger partial charge in [0.05, 0.1) is 28.7 Å². The molecule has 1 aliphatic carbocycles. The first-order valence-electron chi connectivity index (χ1n) is 11.8. The second-order valence-electron chi connectivity index (χ2n) is 9.80. The van der Waals surface area contributed by atoms with Gasteiger partial charge in [-0.05, 0) is 63.1 Å². The summed E-state index contributed by atoms with van der Waals surface area (Å²) in [6, 6.07) is 6.41. The lowest BCUT2D eigenvalue weighted by Gasteiger charge is -2.36. The molecule has 2 aromatic rings. The van der Waals surface area contributed by atoms with Crippen LogP contribution in [0.5, 0.6) is 5.75 Å². The van der Waals surface area contributed by atoms with Crippen molar-refractivity contribution in [1.82, 2.24) is 5.32 Å². The Labute approximate surface area is 231 Å². The van der Waals surface area contributed by atoms with Crippen LogP contribution in [0.1, 0.15) is 26.7 Å². The molecule has 1 atom stereocenters. The van der Waals surface area contributed by atoms with Gasteiger partial charge in [0.15, 0.2) is 0 Å². The molecule has 0 saturated heterocycles. The number of hydrogen-bond donors (Lipinski definition) is 3. The lowest BCUT2D eigenvalue weighted by atomic mass is 10.1. The molecule has 218 valence electrons. The molecule has 2 aromatic carbocycles. The number of nitrogens with one attached hydrogen (secondary N) is 2. The highest BCUT2D eigenvalue weighted by Gasteiger charge is 2.51. The largest absolute Gasteiger partial charge is 0.484 e. The monoisotopic (exact) mass is 609 g/mol. The van der Waals surface area contributed by atoms with E-state index in [1.54, 1.807) is 0 Å². The fraction of sp³-hybridized carbons (Fsp3) is 0.417. The van der Waals surface area contributed by atoms with Gasteiger partial charge in [-0.15, -0.1) is 0 Å². The average Bonchev–Trinajstić information content (AvgIpc) is 3.61. The van der Waals surface area contributed by atoms with Crippen LogP contribution in [0, 0.1) is 5.82 Å². The highest BCUT2D eigenvalue weighted by Crippen LogP contribution is 2.40. The molecule has 0 bridgehead atoms. The second kappa shape index (κ2) is 10.3. The van der Waals surface area contributed by atoms with Crippen LogP contribution in [0.25, 0.3) is 0 Å². The van der Waals surface area contributed by atoms with Gasteiger partial charge < -0.3 is 19.9 Å². The molecule has 4 rings (SSSR count). The van der Waals surface area contributed by atoms with Crippen LogP contribution in [-0.2, 0) is 19.6 Å². The molecule has 0 spiro atoms. The predicted molar refractivity (Wildman–Crippen MR) is 134 cm³/mol. The van der Waals surface area contributed by atoms with Crippen molar-refractivity contribution in [3.8, 4) is 5.75 Å². The summed E-state index contributed by atoms with van der Waals surface area (Å²) in [5, 5.41) is 14.2. The maximum Gasteiger partial charge on any atom is 0.427 e. The van der Waals surface area contributed by atoms with Crippen LogP contribution >= 0.6 is 11.6 Å². The maximum atomic E-state index is 13.7. The third-order valence-electron chi connectivity index (χ3n) is 6.28. The number of anilines is 2. The third kappa shape index (κ3) is 6.05. The van der Waals surface area contributed by atoms with Crippen LogP contribution in [0.4, 0.5) is 33.7 Å². The number of benzene rings is 2. The van der Waals surface area contributed by atoms with E-state index < -0.39 is 56.3 Å². The van der Waals surface area contributed by atoms with Crippen LogP contribution < -0.4 is 19.7 Å². The number of hydrogen-bond acceptors (Lipinski definition) is 7. The van der Waals surface area contributed by atoms with Crippen LogP contribution in [0.3, 0.4) is 0 Å². The Balaban J connectivity index is 1.64. The Kier molecular flexibility index (Phi) is 7.62. The Hall–Kier alpha value is -3.30. The molecule has 1 aliphatic heterocycles. The van der Waals surface area contributed by atoms with Gasteiger partial charge in [-0.2, -0.15) is 13.2 Å². The van der Waals surface area contributed by atoms with Crippen molar-refractivity contribution in [2.24, 2.45) is 0 Å². The van der Waals surface area contributed by atoms with Gasteiger partial charge in [-0.25, -0.2) is 17.6 Å². The lowest BCUT2D eigenvalue weighted by Crippen LogP contribution is -2.50. The molecule has 3 N–H and O–H groups in total. The minimum absolute atomic E-state index is 0.0121. The number of carbonyl (C=O) groups is 2. The molecule has 40 heavy (non-hydrogen) atoms. The highest BCUT2D eigenvalue weighted by molar-refractivity contribution is 7.92. The average molecular weight is 610 g/mol. The van der Waals surface area contributed by atoms with E-state index in [1.165, 1.54) is 12.1 Å². The van der Waals surface area contributed by atoms with Gasteiger partial charge in [-0.3, -0.25) is 14.4 Å². The minimum atomic E-state index is -4.85. The van der Waals surface area contributed by atoms with Gasteiger partial charge in [0.1, 0.15) is 23.3 Å². The SMILES string of the molecule is CC(C)(OC(=O)Nc1ccc2c(c1)N(S(=O)(=O)c1ccc(F)c(Cl)c1)C[C@H](CNC(=O)C1(O)CC1)O2)C(F)(F)F. The third-order valence-corrected chi connectivity index (χ3v) is 8.35. The fourth-order valence-corrected chi connectivity index (χ4v) is 5.41. The topological polar surface area (TPSA) is 134 Å². The fourth-order valence-electron chi connectivity index (χ4n) is 3.64. The van der Waals surface area contributed by atoms with Gasteiger partial charge in [0.2, 0.25) is 5.60 Å². The number of fused-ring (bicyclic) bond motifs is 1. The number of ether oxygens (including phenoxy) is 2. The predicted octanol–water partition coefficient (Wildman–Crippen LogP) is 3.97. The smallest absolute Gasteiger partial charge is 0.427 e. The van der Waals surface area contributed by atoms with Crippen molar-refractivity contribution in [2.45, 2.75) is 55.1 Å². The number of halogens is 5. The Morgan fingerprint density at radius 2 is 1.88 bits per heavy atom. The molecule has 2 amide bonds. The molecule has 2 aliphatic rings.